The van der Waals surface area contributed by atoms with Crippen molar-refractivity contribution in [2.75, 3.05) is 12.3 Å². The summed E-state index contributed by atoms with van der Waals surface area (Å²) in [5.41, 5.74) is 6.34. The number of hydrogen-bond acceptors (Lipinski definition) is 3. The molecule has 4 heteroatoms. The molecule has 1 aromatic carbocycles. The zero-order valence-corrected chi connectivity index (χ0v) is 10.5. The lowest BCUT2D eigenvalue weighted by atomic mass is 9.93. The van der Waals surface area contributed by atoms with Gasteiger partial charge >= 0.3 is 5.97 Å². The van der Waals surface area contributed by atoms with Gasteiger partial charge in [0, 0.05) is 0 Å². The van der Waals surface area contributed by atoms with Gasteiger partial charge in [0.15, 0.2) is 5.75 Å². The number of aromatic carboxylic acids is 1. The van der Waals surface area contributed by atoms with Crippen LogP contribution in [0.1, 0.15) is 37.6 Å². The van der Waals surface area contributed by atoms with Crippen LogP contribution in [0.4, 0.5) is 5.69 Å². The third kappa shape index (κ3) is 3.98. The maximum Gasteiger partial charge on any atom is 0.339 e. The largest absolute Gasteiger partial charge is 0.490 e. The average molecular weight is 237 g/mol. The van der Waals surface area contributed by atoms with Gasteiger partial charge in [-0.25, -0.2) is 4.79 Å². The number of carbonyl (C=O) groups is 1. The first-order valence-electron chi connectivity index (χ1n) is 5.56. The van der Waals surface area contributed by atoms with Crippen LogP contribution in [-0.2, 0) is 0 Å². The van der Waals surface area contributed by atoms with Crippen LogP contribution in [0.15, 0.2) is 18.2 Å². The van der Waals surface area contributed by atoms with E-state index >= 15 is 0 Å². The van der Waals surface area contributed by atoms with E-state index < -0.39 is 5.97 Å². The molecule has 0 aromatic heterocycles. The topological polar surface area (TPSA) is 72.5 Å². The summed E-state index contributed by atoms with van der Waals surface area (Å²) in [5.74, 6) is -0.757. The number of benzene rings is 1. The molecule has 0 fully saturated rings. The molecular weight excluding hydrogens is 218 g/mol. The summed E-state index contributed by atoms with van der Waals surface area (Å²) >= 11 is 0. The minimum atomic E-state index is -1.02. The van der Waals surface area contributed by atoms with E-state index in [1.807, 2.05) is 0 Å². The highest BCUT2D eigenvalue weighted by molar-refractivity contribution is 5.93. The molecule has 0 saturated carbocycles. The first-order valence-corrected chi connectivity index (χ1v) is 5.56. The van der Waals surface area contributed by atoms with Gasteiger partial charge < -0.3 is 15.6 Å². The highest BCUT2D eigenvalue weighted by Crippen LogP contribution is 2.27. The number of ether oxygens (including phenoxy) is 1. The fraction of sp³-hybridized carbons (Fsp3) is 0.462. The maximum absolute atomic E-state index is 11.0. The van der Waals surface area contributed by atoms with Crippen LogP contribution in [0.3, 0.4) is 0 Å². The predicted octanol–water partition coefficient (Wildman–Crippen LogP) is 2.78. The molecular formula is C13H19NO3. The monoisotopic (exact) mass is 237 g/mol. The predicted molar refractivity (Wildman–Crippen MR) is 67.4 cm³/mol. The first kappa shape index (κ1) is 13.4. The number of hydrogen-bond donors (Lipinski definition) is 2. The first-order chi connectivity index (χ1) is 7.81. The van der Waals surface area contributed by atoms with Crippen LogP contribution in [0, 0.1) is 5.41 Å². The van der Waals surface area contributed by atoms with Crippen molar-refractivity contribution in [2.24, 2.45) is 5.41 Å². The van der Waals surface area contributed by atoms with Crippen molar-refractivity contribution in [3.8, 4) is 5.75 Å². The van der Waals surface area contributed by atoms with E-state index in [2.05, 4.69) is 20.8 Å². The van der Waals surface area contributed by atoms with Crippen molar-refractivity contribution in [1.82, 2.24) is 0 Å². The number of anilines is 1. The number of carboxylic acids is 1. The van der Waals surface area contributed by atoms with E-state index in [1.54, 1.807) is 12.1 Å². The van der Waals surface area contributed by atoms with Gasteiger partial charge in [0.2, 0.25) is 0 Å². The molecule has 0 bridgehead atoms. The Hall–Kier alpha value is -1.71. The number of nitrogen functional groups attached to an aromatic ring is 1. The van der Waals surface area contributed by atoms with E-state index in [9.17, 15) is 4.79 Å². The van der Waals surface area contributed by atoms with Gasteiger partial charge in [0.05, 0.1) is 12.3 Å². The van der Waals surface area contributed by atoms with E-state index in [1.165, 1.54) is 6.07 Å². The van der Waals surface area contributed by atoms with Gasteiger partial charge in [0.25, 0.3) is 0 Å². The quantitative estimate of drug-likeness (QED) is 0.790. The summed E-state index contributed by atoms with van der Waals surface area (Å²) in [4.78, 5) is 11.0. The van der Waals surface area contributed by atoms with Crippen molar-refractivity contribution < 1.29 is 14.6 Å². The van der Waals surface area contributed by atoms with Crippen molar-refractivity contribution >= 4 is 11.7 Å². The van der Waals surface area contributed by atoms with Crippen molar-refractivity contribution in [2.45, 2.75) is 27.2 Å². The van der Waals surface area contributed by atoms with Gasteiger partial charge in [-0.1, -0.05) is 26.8 Å². The van der Waals surface area contributed by atoms with E-state index in [4.69, 9.17) is 15.6 Å². The second-order valence-electron chi connectivity index (χ2n) is 5.19. The van der Waals surface area contributed by atoms with Crippen LogP contribution < -0.4 is 10.5 Å². The van der Waals surface area contributed by atoms with E-state index in [-0.39, 0.29) is 16.7 Å². The minimum absolute atomic E-state index is 0.110. The van der Waals surface area contributed by atoms with Gasteiger partial charge in [-0.05, 0) is 24.0 Å². The average Bonchev–Trinajstić information content (AvgIpc) is 2.18. The standard InChI is InChI=1S/C13H19NO3/c1-13(2,3)7-8-17-11-9(12(15)16)5-4-6-10(11)14/h4-6H,7-8,14H2,1-3H3,(H,15,16). The van der Waals surface area contributed by atoms with Crippen LogP contribution >= 0.6 is 0 Å². The third-order valence-corrected chi connectivity index (χ3v) is 2.37. The Balaban J connectivity index is 2.79. The number of para-hydroxylation sites is 1. The molecule has 3 N–H and O–H groups in total. The summed E-state index contributed by atoms with van der Waals surface area (Å²) in [7, 11) is 0. The summed E-state index contributed by atoms with van der Waals surface area (Å²) in [6, 6.07) is 4.74. The molecule has 1 aromatic rings. The molecule has 4 nitrogen and oxygen atoms in total. The van der Waals surface area contributed by atoms with E-state index in [0.717, 1.165) is 6.42 Å². The summed E-state index contributed by atoms with van der Waals surface area (Å²) in [5, 5.41) is 9.01. The maximum atomic E-state index is 11.0. The van der Waals surface area contributed by atoms with Crippen LogP contribution in [0.25, 0.3) is 0 Å². The second-order valence-corrected chi connectivity index (χ2v) is 5.19. The molecule has 1 rings (SSSR count). The third-order valence-electron chi connectivity index (χ3n) is 2.37. The Bertz CT molecular complexity index is 408. The Kier molecular flexibility index (Phi) is 3.99. The van der Waals surface area contributed by atoms with Crippen LogP contribution in [0.5, 0.6) is 5.75 Å². The normalized spacial score (nSPS) is 11.2. The molecule has 0 radical (unpaired) electrons. The van der Waals surface area contributed by atoms with E-state index in [0.29, 0.717) is 12.3 Å². The molecule has 17 heavy (non-hydrogen) atoms. The highest BCUT2D eigenvalue weighted by Gasteiger charge is 2.15. The Labute approximate surface area is 101 Å². The molecule has 0 amide bonds. The lowest BCUT2D eigenvalue weighted by Gasteiger charge is -2.19. The summed E-state index contributed by atoms with van der Waals surface area (Å²) in [6.45, 7) is 6.76. The molecule has 0 saturated heterocycles. The molecule has 0 aliphatic carbocycles. The van der Waals surface area contributed by atoms with Gasteiger partial charge in [-0.3, -0.25) is 0 Å². The zero-order valence-electron chi connectivity index (χ0n) is 10.5. The molecule has 0 aliphatic heterocycles. The summed E-state index contributed by atoms with van der Waals surface area (Å²) in [6.07, 6.45) is 0.834. The fourth-order valence-electron chi connectivity index (χ4n) is 1.34. The Morgan fingerprint density at radius 1 is 1.41 bits per heavy atom. The molecule has 0 heterocycles. The molecule has 0 unspecified atom stereocenters. The lowest BCUT2D eigenvalue weighted by molar-refractivity contribution is 0.0692. The second kappa shape index (κ2) is 5.08. The minimum Gasteiger partial charge on any atom is -0.490 e. The fourth-order valence-corrected chi connectivity index (χ4v) is 1.34. The van der Waals surface area contributed by atoms with Gasteiger partial charge in [-0.15, -0.1) is 0 Å². The molecule has 94 valence electrons. The smallest absolute Gasteiger partial charge is 0.339 e. The molecule has 0 atom stereocenters. The number of carboxylic acid groups (broad SMARTS) is 1. The van der Waals surface area contributed by atoms with Crippen molar-refractivity contribution in [1.29, 1.82) is 0 Å². The summed E-state index contributed by atoms with van der Waals surface area (Å²) < 4.78 is 5.50. The Morgan fingerprint density at radius 3 is 2.59 bits per heavy atom. The SMILES string of the molecule is CC(C)(C)CCOc1c(N)cccc1C(=O)O. The lowest BCUT2D eigenvalue weighted by Crippen LogP contribution is -2.13. The van der Waals surface area contributed by atoms with Crippen molar-refractivity contribution in [3.63, 3.8) is 0 Å². The molecule has 0 spiro atoms. The van der Waals surface area contributed by atoms with Crippen LogP contribution in [-0.4, -0.2) is 17.7 Å². The zero-order chi connectivity index (χ0) is 13.1. The van der Waals surface area contributed by atoms with Crippen LogP contribution in [0.2, 0.25) is 0 Å². The van der Waals surface area contributed by atoms with Gasteiger partial charge in [-0.2, -0.15) is 0 Å². The molecule has 0 aliphatic rings. The number of nitrogens with two attached hydrogens (primary N) is 1. The highest BCUT2D eigenvalue weighted by atomic mass is 16.5. The van der Waals surface area contributed by atoms with Crippen molar-refractivity contribution in [3.05, 3.63) is 23.8 Å². The Morgan fingerprint density at radius 2 is 2.06 bits per heavy atom. The van der Waals surface area contributed by atoms with Gasteiger partial charge in [0.1, 0.15) is 5.56 Å². The number of rotatable bonds is 4.